The summed E-state index contributed by atoms with van der Waals surface area (Å²) in [6, 6.07) is 12.9. The van der Waals surface area contributed by atoms with Gasteiger partial charge in [-0.25, -0.2) is 0 Å². The standard InChI is InChI=1S/C15H20N2S/c1-13-5-7-14(8-6-13)17(2)10-9-16-12-15-4-3-11-18-15/h3-8,11,16H,9-10,12H2,1-2H3. The van der Waals surface area contributed by atoms with Crippen LogP contribution >= 0.6 is 11.3 Å². The van der Waals surface area contributed by atoms with Gasteiger partial charge >= 0.3 is 0 Å². The van der Waals surface area contributed by atoms with Crippen LogP contribution in [0.1, 0.15) is 10.4 Å². The van der Waals surface area contributed by atoms with E-state index in [1.165, 1.54) is 16.1 Å². The van der Waals surface area contributed by atoms with Gasteiger partial charge in [0.1, 0.15) is 0 Å². The molecule has 2 aromatic rings. The van der Waals surface area contributed by atoms with Crippen LogP contribution < -0.4 is 10.2 Å². The van der Waals surface area contributed by atoms with Crippen LogP contribution in [0.15, 0.2) is 41.8 Å². The molecule has 0 radical (unpaired) electrons. The van der Waals surface area contributed by atoms with Gasteiger partial charge in [0, 0.05) is 37.2 Å². The van der Waals surface area contributed by atoms with Crippen LogP contribution in [0.5, 0.6) is 0 Å². The summed E-state index contributed by atoms with van der Waals surface area (Å²) in [5.41, 5.74) is 2.58. The first-order chi connectivity index (χ1) is 8.75. The predicted octanol–water partition coefficient (Wildman–Crippen LogP) is 3.28. The molecule has 1 aromatic carbocycles. The first-order valence-corrected chi connectivity index (χ1v) is 7.14. The number of hydrogen-bond acceptors (Lipinski definition) is 3. The molecule has 0 atom stereocenters. The third-order valence-electron chi connectivity index (χ3n) is 2.98. The number of nitrogens with one attached hydrogen (secondary N) is 1. The minimum atomic E-state index is 0.972. The fourth-order valence-electron chi connectivity index (χ4n) is 1.80. The second kappa shape index (κ2) is 6.57. The van der Waals surface area contributed by atoms with E-state index in [1.807, 2.05) is 0 Å². The molecule has 1 N–H and O–H groups in total. The van der Waals surface area contributed by atoms with Gasteiger partial charge in [-0.3, -0.25) is 0 Å². The van der Waals surface area contributed by atoms with E-state index >= 15 is 0 Å². The number of benzene rings is 1. The molecule has 0 aliphatic carbocycles. The smallest absolute Gasteiger partial charge is 0.0364 e. The Morgan fingerprint density at radius 1 is 1.17 bits per heavy atom. The Morgan fingerprint density at radius 2 is 1.94 bits per heavy atom. The van der Waals surface area contributed by atoms with Crippen molar-refractivity contribution in [2.45, 2.75) is 13.5 Å². The van der Waals surface area contributed by atoms with Crippen LogP contribution in [-0.2, 0) is 6.54 Å². The number of hydrogen-bond donors (Lipinski definition) is 1. The Balaban J connectivity index is 1.71. The van der Waals surface area contributed by atoms with E-state index in [1.54, 1.807) is 11.3 Å². The molecule has 0 bridgehead atoms. The van der Waals surface area contributed by atoms with Crippen molar-refractivity contribution in [1.29, 1.82) is 0 Å². The molecule has 1 heterocycles. The molecule has 2 rings (SSSR count). The first kappa shape index (κ1) is 13.1. The molecule has 0 aliphatic rings. The lowest BCUT2D eigenvalue weighted by molar-refractivity contribution is 0.685. The summed E-state index contributed by atoms with van der Waals surface area (Å²) < 4.78 is 0. The van der Waals surface area contributed by atoms with Crippen molar-refractivity contribution in [3.63, 3.8) is 0 Å². The first-order valence-electron chi connectivity index (χ1n) is 6.26. The van der Waals surface area contributed by atoms with Crippen molar-refractivity contribution in [1.82, 2.24) is 5.32 Å². The summed E-state index contributed by atoms with van der Waals surface area (Å²) in [6.07, 6.45) is 0. The second-order valence-electron chi connectivity index (χ2n) is 4.51. The fourth-order valence-corrected chi connectivity index (χ4v) is 2.47. The molecule has 0 spiro atoms. The van der Waals surface area contributed by atoms with Crippen molar-refractivity contribution in [2.75, 3.05) is 25.0 Å². The van der Waals surface area contributed by atoms with E-state index in [2.05, 4.69) is 66.0 Å². The fraction of sp³-hybridized carbons (Fsp3) is 0.333. The van der Waals surface area contributed by atoms with E-state index in [0.29, 0.717) is 0 Å². The van der Waals surface area contributed by atoms with Gasteiger partial charge in [0.25, 0.3) is 0 Å². The Hall–Kier alpha value is -1.32. The molecule has 0 saturated carbocycles. The third-order valence-corrected chi connectivity index (χ3v) is 3.85. The van der Waals surface area contributed by atoms with Crippen LogP contribution in [0, 0.1) is 6.92 Å². The average Bonchev–Trinajstić information content (AvgIpc) is 2.88. The summed E-state index contributed by atoms with van der Waals surface area (Å²) in [5.74, 6) is 0. The lowest BCUT2D eigenvalue weighted by Crippen LogP contribution is -2.28. The van der Waals surface area contributed by atoms with E-state index in [4.69, 9.17) is 0 Å². The maximum Gasteiger partial charge on any atom is 0.0364 e. The number of aryl methyl sites for hydroxylation is 1. The molecule has 2 nitrogen and oxygen atoms in total. The number of anilines is 1. The van der Waals surface area contributed by atoms with E-state index in [0.717, 1.165) is 19.6 Å². The quantitative estimate of drug-likeness (QED) is 0.802. The Bertz CT molecular complexity index is 448. The zero-order valence-electron chi connectivity index (χ0n) is 11.0. The summed E-state index contributed by atoms with van der Waals surface area (Å²) >= 11 is 1.80. The van der Waals surface area contributed by atoms with Crippen LogP contribution in [0.2, 0.25) is 0 Å². The molecule has 18 heavy (non-hydrogen) atoms. The largest absolute Gasteiger partial charge is 0.373 e. The van der Waals surface area contributed by atoms with Gasteiger partial charge in [0.2, 0.25) is 0 Å². The van der Waals surface area contributed by atoms with E-state index in [9.17, 15) is 0 Å². The predicted molar refractivity (Wildman–Crippen MR) is 80.5 cm³/mol. The van der Waals surface area contributed by atoms with Gasteiger partial charge in [-0.15, -0.1) is 11.3 Å². The minimum Gasteiger partial charge on any atom is -0.373 e. The van der Waals surface area contributed by atoms with Gasteiger partial charge in [-0.1, -0.05) is 23.8 Å². The van der Waals surface area contributed by atoms with Crippen LogP contribution in [0.4, 0.5) is 5.69 Å². The Kier molecular flexibility index (Phi) is 4.79. The summed E-state index contributed by atoms with van der Waals surface area (Å²) in [7, 11) is 2.14. The monoisotopic (exact) mass is 260 g/mol. The van der Waals surface area contributed by atoms with Crippen molar-refractivity contribution in [3.8, 4) is 0 Å². The highest BCUT2D eigenvalue weighted by molar-refractivity contribution is 7.09. The maximum atomic E-state index is 3.47. The van der Waals surface area contributed by atoms with Crippen molar-refractivity contribution < 1.29 is 0 Å². The maximum absolute atomic E-state index is 3.47. The molecule has 96 valence electrons. The van der Waals surface area contributed by atoms with Gasteiger partial charge in [-0.2, -0.15) is 0 Å². The molecule has 3 heteroatoms. The second-order valence-corrected chi connectivity index (χ2v) is 5.55. The zero-order chi connectivity index (χ0) is 12.8. The third kappa shape index (κ3) is 3.86. The van der Waals surface area contributed by atoms with Gasteiger partial charge in [0.05, 0.1) is 0 Å². The lowest BCUT2D eigenvalue weighted by Gasteiger charge is -2.19. The molecular weight excluding hydrogens is 240 g/mol. The van der Waals surface area contributed by atoms with Crippen LogP contribution in [-0.4, -0.2) is 20.1 Å². The van der Waals surface area contributed by atoms with Crippen molar-refractivity contribution in [3.05, 3.63) is 52.2 Å². The molecule has 0 aliphatic heterocycles. The minimum absolute atomic E-state index is 0.972. The van der Waals surface area contributed by atoms with E-state index < -0.39 is 0 Å². The highest BCUT2D eigenvalue weighted by atomic mass is 32.1. The van der Waals surface area contributed by atoms with Crippen LogP contribution in [0.25, 0.3) is 0 Å². The van der Waals surface area contributed by atoms with Gasteiger partial charge in [-0.05, 0) is 30.5 Å². The summed E-state index contributed by atoms with van der Waals surface area (Å²) in [6.45, 7) is 5.11. The summed E-state index contributed by atoms with van der Waals surface area (Å²) in [5, 5.41) is 5.59. The summed E-state index contributed by atoms with van der Waals surface area (Å²) in [4.78, 5) is 3.67. The van der Waals surface area contributed by atoms with Gasteiger partial charge < -0.3 is 10.2 Å². The Labute approximate surface area is 113 Å². The average molecular weight is 260 g/mol. The SMILES string of the molecule is Cc1ccc(N(C)CCNCc2cccs2)cc1. The zero-order valence-corrected chi connectivity index (χ0v) is 11.8. The van der Waals surface area contributed by atoms with Gasteiger partial charge in [0.15, 0.2) is 0 Å². The number of rotatable bonds is 6. The normalized spacial score (nSPS) is 10.6. The highest BCUT2D eigenvalue weighted by Gasteiger charge is 2.00. The molecule has 0 amide bonds. The lowest BCUT2D eigenvalue weighted by atomic mass is 10.2. The number of likely N-dealkylation sites (N-methyl/N-ethyl adjacent to an activating group) is 1. The molecule has 0 fully saturated rings. The Morgan fingerprint density at radius 3 is 2.61 bits per heavy atom. The topological polar surface area (TPSA) is 15.3 Å². The van der Waals surface area contributed by atoms with Crippen molar-refractivity contribution >= 4 is 17.0 Å². The van der Waals surface area contributed by atoms with Crippen LogP contribution in [0.3, 0.4) is 0 Å². The number of nitrogens with zero attached hydrogens (tertiary/aromatic N) is 1. The molecule has 0 unspecified atom stereocenters. The molecule has 1 aromatic heterocycles. The number of thiophene rings is 1. The molecule has 0 saturated heterocycles. The van der Waals surface area contributed by atoms with E-state index in [-0.39, 0.29) is 0 Å². The molecular formula is C15H20N2S. The van der Waals surface area contributed by atoms with Crippen molar-refractivity contribution in [2.24, 2.45) is 0 Å². The highest BCUT2D eigenvalue weighted by Crippen LogP contribution is 2.12.